The number of hydrogen-bond donors (Lipinski definition) is 0. The first-order valence-corrected chi connectivity index (χ1v) is 12.3. The van der Waals surface area contributed by atoms with Gasteiger partial charge in [-0.15, -0.1) is 0 Å². The maximum absolute atomic E-state index is 15.2. The fourth-order valence-corrected chi connectivity index (χ4v) is 8.91. The third-order valence-electron chi connectivity index (χ3n) is 8.24. The Morgan fingerprint density at radius 2 is 1.03 bits per heavy atom. The van der Waals surface area contributed by atoms with E-state index in [4.69, 9.17) is 9.47 Å². The van der Waals surface area contributed by atoms with Gasteiger partial charge in [0, 0.05) is 31.8 Å². The molecule has 182 valence electrons. The second kappa shape index (κ2) is 6.68. The van der Waals surface area contributed by atoms with Crippen molar-refractivity contribution in [3.05, 3.63) is 41.9 Å². The van der Waals surface area contributed by atoms with E-state index in [1.54, 1.807) is 27.7 Å². The zero-order valence-electron chi connectivity index (χ0n) is 19.0. The minimum atomic E-state index is -5.53. The highest BCUT2D eigenvalue weighted by Crippen LogP contribution is 2.79. The summed E-state index contributed by atoms with van der Waals surface area (Å²) in [6, 6.07) is 0. The van der Waals surface area contributed by atoms with Crippen LogP contribution in [0.4, 0.5) is 26.3 Å². The molecule has 5 aliphatic rings. The second-order valence-corrected chi connectivity index (χ2v) is 12.1. The molecule has 0 spiro atoms. The van der Waals surface area contributed by atoms with Crippen LogP contribution in [0, 0.1) is 10.8 Å². The summed E-state index contributed by atoms with van der Waals surface area (Å²) in [5.41, 5.74) is -3.60. The Morgan fingerprint density at radius 1 is 0.697 bits per heavy atom. The van der Waals surface area contributed by atoms with Crippen LogP contribution in [0.25, 0.3) is 0 Å². The molecule has 0 N–H and O–H groups in total. The molecule has 0 unspecified atom stereocenters. The predicted molar refractivity (Wildman–Crippen MR) is 117 cm³/mol. The first kappa shape index (κ1) is 23.9. The molecule has 1 saturated carbocycles. The van der Waals surface area contributed by atoms with Gasteiger partial charge in [-0.2, -0.15) is 26.3 Å². The first-order valence-electron chi connectivity index (χ1n) is 10.7. The third kappa shape index (κ3) is 2.44. The van der Waals surface area contributed by atoms with Gasteiger partial charge in [-0.3, -0.25) is 0 Å². The predicted octanol–water partition coefficient (Wildman–Crippen LogP) is 7.31. The quantitative estimate of drug-likeness (QED) is 0.318. The van der Waals surface area contributed by atoms with E-state index in [-0.39, 0.29) is 35.2 Å². The summed E-state index contributed by atoms with van der Waals surface area (Å²) in [5.74, 6) is -15.5. The molecule has 0 aromatic carbocycles. The molecule has 10 heteroatoms. The Kier molecular flexibility index (Phi) is 4.83. The molecule has 33 heavy (non-hydrogen) atoms. The van der Waals surface area contributed by atoms with Gasteiger partial charge in [0.05, 0.1) is 25.4 Å². The van der Waals surface area contributed by atoms with Gasteiger partial charge in [0.2, 0.25) is 0 Å². The van der Waals surface area contributed by atoms with Gasteiger partial charge in [-0.25, -0.2) is 0 Å². The van der Waals surface area contributed by atoms with Gasteiger partial charge in [-0.05, 0) is 62.5 Å². The summed E-state index contributed by atoms with van der Waals surface area (Å²) < 4.78 is 102. The molecule has 1 saturated heterocycles. The van der Waals surface area contributed by atoms with Crippen LogP contribution >= 0.6 is 23.5 Å². The van der Waals surface area contributed by atoms with Crippen LogP contribution in [0.2, 0.25) is 0 Å². The SMILES string of the molecule is CC1=C2CO[C@@H](C)[C@H](C)OCC3=C(C)SC4=C5C(=C(S1)[C@]2(C)[C@]34C)C(F)(F)C(F)(F)C5(F)F. The smallest absolute Gasteiger partial charge is 0.371 e. The van der Waals surface area contributed by atoms with Crippen molar-refractivity contribution in [1.29, 1.82) is 0 Å². The number of thioether (sulfide) groups is 2. The van der Waals surface area contributed by atoms with E-state index in [9.17, 15) is 8.78 Å². The molecule has 0 aromatic rings. The van der Waals surface area contributed by atoms with Crippen LogP contribution in [-0.2, 0) is 9.47 Å². The number of alkyl halides is 6. The average Bonchev–Trinajstić information content (AvgIpc) is 3.16. The lowest BCUT2D eigenvalue weighted by Gasteiger charge is -2.51. The summed E-state index contributed by atoms with van der Waals surface area (Å²) >= 11 is 1.79. The van der Waals surface area contributed by atoms with E-state index >= 15 is 17.6 Å². The van der Waals surface area contributed by atoms with E-state index in [1.807, 2.05) is 13.8 Å². The summed E-state index contributed by atoms with van der Waals surface area (Å²) in [6.07, 6.45) is -0.628. The lowest BCUT2D eigenvalue weighted by atomic mass is 9.54. The fraction of sp³-hybridized carbons (Fsp3) is 0.652. The zero-order valence-corrected chi connectivity index (χ0v) is 20.6. The molecular weight excluding hydrogens is 486 g/mol. The number of allylic oxidation sites excluding steroid dienone is 6. The Bertz CT molecular complexity index is 1020. The molecule has 5 rings (SSSR count). The molecule has 0 bridgehead atoms. The van der Waals surface area contributed by atoms with Crippen molar-refractivity contribution < 1.29 is 35.8 Å². The number of hydrogen-bond acceptors (Lipinski definition) is 4. The second-order valence-electron chi connectivity index (χ2n) is 9.69. The molecule has 0 aromatic heterocycles. The Morgan fingerprint density at radius 3 is 1.36 bits per heavy atom. The summed E-state index contributed by atoms with van der Waals surface area (Å²) in [6.45, 7) is 10.6. The Hall–Kier alpha value is -0.840. The van der Waals surface area contributed by atoms with Gasteiger partial charge in [0.25, 0.3) is 0 Å². The highest BCUT2D eigenvalue weighted by molar-refractivity contribution is 8.07. The number of rotatable bonds is 0. The maximum Gasteiger partial charge on any atom is 0.380 e. The molecule has 0 radical (unpaired) electrons. The molecule has 3 heterocycles. The number of ether oxygens (including phenoxy) is 2. The van der Waals surface area contributed by atoms with E-state index in [1.165, 1.54) is 0 Å². The monoisotopic (exact) mass is 510 g/mol. The molecule has 2 nitrogen and oxygen atoms in total. The van der Waals surface area contributed by atoms with Crippen LogP contribution in [0.1, 0.15) is 41.5 Å². The Labute approximate surface area is 196 Å². The third-order valence-corrected chi connectivity index (χ3v) is 11.0. The summed E-state index contributed by atoms with van der Waals surface area (Å²) in [7, 11) is 0. The van der Waals surface area contributed by atoms with Crippen LogP contribution in [0.15, 0.2) is 41.9 Å². The molecule has 3 aliphatic heterocycles. The van der Waals surface area contributed by atoms with Crippen molar-refractivity contribution in [2.75, 3.05) is 13.2 Å². The molecule has 0 amide bonds. The Balaban J connectivity index is 1.89. The van der Waals surface area contributed by atoms with Gasteiger partial charge in [0.15, 0.2) is 0 Å². The van der Waals surface area contributed by atoms with Crippen LogP contribution < -0.4 is 0 Å². The van der Waals surface area contributed by atoms with Crippen molar-refractivity contribution in [2.24, 2.45) is 10.8 Å². The fourth-order valence-electron chi connectivity index (χ4n) is 5.80. The maximum atomic E-state index is 15.2. The molecule has 4 atom stereocenters. The largest absolute Gasteiger partial charge is 0.380 e. The molecule has 2 aliphatic carbocycles. The van der Waals surface area contributed by atoms with Gasteiger partial charge >= 0.3 is 17.8 Å². The highest BCUT2D eigenvalue weighted by Gasteiger charge is 2.85. The van der Waals surface area contributed by atoms with E-state index in [0.717, 1.165) is 23.5 Å². The number of halogens is 6. The van der Waals surface area contributed by atoms with Crippen LogP contribution in [0.5, 0.6) is 0 Å². The molecular formula is C23H24F6O2S2. The van der Waals surface area contributed by atoms with E-state index in [0.29, 0.717) is 21.0 Å². The minimum absolute atomic E-state index is 0.0640. The molecule has 2 fully saturated rings. The minimum Gasteiger partial charge on any atom is -0.371 e. The standard InChI is InChI=1S/C23H24F6O2S2/c1-9-10(2)31-8-14-12(4)33-18-16-15(21(24,25)23(28,29)22(16,26)27)17-19(5,20(14,18)6)13(7-30-9)11(3)32-17/h9-10H,7-8H2,1-6H3/t9-,10-,19+,20+/m0/s1. The van der Waals surface area contributed by atoms with Crippen molar-refractivity contribution in [3.8, 4) is 0 Å². The summed E-state index contributed by atoms with van der Waals surface area (Å²) in [5, 5.41) is 0. The topological polar surface area (TPSA) is 18.5 Å². The van der Waals surface area contributed by atoms with Crippen LogP contribution in [0.3, 0.4) is 0 Å². The van der Waals surface area contributed by atoms with E-state index < -0.39 is 39.7 Å². The van der Waals surface area contributed by atoms with Crippen molar-refractivity contribution in [3.63, 3.8) is 0 Å². The first-order chi connectivity index (χ1) is 15.1. The van der Waals surface area contributed by atoms with Gasteiger partial charge < -0.3 is 9.47 Å². The summed E-state index contributed by atoms with van der Waals surface area (Å²) in [4.78, 5) is 0.976. The van der Waals surface area contributed by atoms with E-state index in [2.05, 4.69) is 0 Å². The van der Waals surface area contributed by atoms with Crippen molar-refractivity contribution >= 4 is 23.5 Å². The van der Waals surface area contributed by atoms with Crippen LogP contribution in [-0.4, -0.2) is 43.2 Å². The highest BCUT2D eigenvalue weighted by atomic mass is 32.2. The lowest BCUT2D eigenvalue weighted by molar-refractivity contribution is -0.258. The zero-order chi connectivity index (χ0) is 24.5. The van der Waals surface area contributed by atoms with Gasteiger partial charge in [0.1, 0.15) is 0 Å². The van der Waals surface area contributed by atoms with Crippen molar-refractivity contribution in [2.45, 2.75) is 71.5 Å². The van der Waals surface area contributed by atoms with Gasteiger partial charge in [-0.1, -0.05) is 23.5 Å². The normalized spacial score (nSPS) is 41.1. The number of fused-ring (bicyclic) bond motifs is 1. The average molecular weight is 511 g/mol. The van der Waals surface area contributed by atoms with Crippen molar-refractivity contribution in [1.82, 2.24) is 0 Å². The lowest BCUT2D eigenvalue weighted by Crippen LogP contribution is -2.47.